The molecule has 0 heterocycles. The first-order chi connectivity index (χ1) is 35.8. The van der Waals surface area contributed by atoms with Gasteiger partial charge in [0, 0.05) is 0 Å². The fourth-order valence-corrected chi connectivity index (χ4v) is 14.8. The Kier molecular flexibility index (Phi) is 7.51. The van der Waals surface area contributed by atoms with Gasteiger partial charge in [0.05, 0.1) is 0 Å². The highest BCUT2D eigenvalue weighted by Crippen LogP contribution is 2.62. The second kappa shape index (κ2) is 13.8. The minimum absolute atomic E-state index is 1.26. The quantitative estimate of drug-likeness (QED) is 0.122. The molecule has 0 N–H and O–H groups in total. The van der Waals surface area contributed by atoms with Crippen molar-refractivity contribution in [3.8, 4) is 55.6 Å². The van der Waals surface area contributed by atoms with Crippen LogP contribution < -0.4 is 0 Å². The molecule has 0 fully saturated rings. The predicted molar refractivity (Wildman–Crippen MR) is 317 cm³/mol. The van der Waals surface area contributed by atoms with Crippen LogP contribution in [0.15, 0.2) is 188 Å². The van der Waals surface area contributed by atoms with Crippen molar-refractivity contribution < 1.29 is 0 Å². The summed E-state index contributed by atoms with van der Waals surface area (Å²) >= 11 is 0. The molecule has 1 aliphatic carbocycles. The van der Waals surface area contributed by atoms with Gasteiger partial charge in [-0.05, 0) is 232 Å². The van der Waals surface area contributed by atoms with E-state index in [0.29, 0.717) is 0 Å². The zero-order valence-corrected chi connectivity index (χ0v) is 41.4. The molecule has 0 saturated carbocycles. The van der Waals surface area contributed by atoms with Crippen LogP contribution in [0.1, 0.15) is 27.8 Å². The Bertz CT molecular complexity index is 5140. The van der Waals surface area contributed by atoms with E-state index in [0.717, 1.165) is 0 Å². The van der Waals surface area contributed by atoms with Gasteiger partial charge in [0.1, 0.15) is 0 Å². The molecular formula is C73H46. The van der Waals surface area contributed by atoms with Crippen LogP contribution in [0.3, 0.4) is 0 Å². The molecule has 73 heavy (non-hydrogen) atoms. The SMILES string of the molecule is Cc1ccc(-c2c3c(c(-c4ccc(C)cc4C)c4cc5cc(C)ccc5cc24)-c2ccc4c5ccc6c7c(-c8ccccc8)c8cccc9c%10ccccc%10c(c89)c7c7ccc(c8ccc-3c2c48)c5c67)c(C)c1. The van der Waals surface area contributed by atoms with Crippen LogP contribution in [0.5, 0.6) is 0 Å². The normalized spacial score (nSPS) is 12.7. The Balaban J connectivity index is 1.05. The summed E-state index contributed by atoms with van der Waals surface area (Å²) in [5.74, 6) is 0. The molecule has 17 rings (SSSR count). The van der Waals surface area contributed by atoms with Crippen LogP contribution in [0.25, 0.3) is 174 Å². The van der Waals surface area contributed by atoms with Gasteiger partial charge in [-0.3, -0.25) is 0 Å². The van der Waals surface area contributed by atoms with E-state index in [2.05, 4.69) is 223 Å². The third-order valence-corrected chi connectivity index (χ3v) is 17.6. The van der Waals surface area contributed by atoms with E-state index in [4.69, 9.17) is 0 Å². The van der Waals surface area contributed by atoms with Gasteiger partial charge in [0.2, 0.25) is 0 Å². The summed E-state index contributed by atoms with van der Waals surface area (Å²) in [5, 5.41) is 29.5. The second-order valence-electron chi connectivity index (χ2n) is 21.7. The highest BCUT2D eigenvalue weighted by atomic mass is 14.4. The molecular weight excluding hydrogens is 877 g/mol. The number of hydrogen-bond acceptors (Lipinski definition) is 0. The molecule has 0 spiro atoms. The summed E-state index contributed by atoms with van der Waals surface area (Å²) < 4.78 is 0. The van der Waals surface area contributed by atoms with E-state index in [1.54, 1.807) is 0 Å². The average Bonchev–Trinajstić information content (AvgIpc) is 4.04. The zero-order chi connectivity index (χ0) is 48.3. The van der Waals surface area contributed by atoms with Crippen molar-refractivity contribution in [3.05, 3.63) is 216 Å². The van der Waals surface area contributed by atoms with E-state index in [1.807, 2.05) is 0 Å². The first-order valence-corrected chi connectivity index (χ1v) is 26.0. The number of benzene rings is 14. The zero-order valence-electron chi connectivity index (χ0n) is 41.4. The lowest BCUT2D eigenvalue weighted by Gasteiger charge is -2.23. The molecule has 0 aromatic heterocycles. The van der Waals surface area contributed by atoms with Gasteiger partial charge in [-0.2, -0.15) is 0 Å². The molecule has 0 saturated heterocycles. The fraction of sp³-hybridized carbons (Fsp3) is 0.0685. The molecule has 0 nitrogen and oxygen atoms in total. The van der Waals surface area contributed by atoms with Crippen molar-refractivity contribution in [3.63, 3.8) is 0 Å². The minimum atomic E-state index is 1.26. The Hall–Kier alpha value is -8.84. The summed E-state index contributed by atoms with van der Waals surface area (Å²) in [5.41, 5.74) is 19.7. The summed E-state index contributed by atoms with van der Waals surface area (Å²) in [4.78, 5) is 0. The highest BCUT2D eigenvalue weighted by Gasteiger charge is 2.34. The molecule has 16 aromatic rings. The van der Waals surface area contributed by atoms with Crippen LogP contribution in [0.2, 0.25) is 0 Å². The smallest absolute Gasteiger partial charge is 0.000696 e. The number of rotatable bonds is 3. The molecule has 0 bridgehead atoms. The Morgan fingerprint density at radius 1 is 0.205 bits per heavy atom. The number of fused-ring (bicyclic) bond motifs is 14. The van der Waals surface area contributed by atoms with Crippen molar-refractivity contribution in [2.45, 2.75) is 34.6 Å². The van der Waals surface area contributed by atoms with E-state index >= 15 is 0 Å². The minimum Gasteiger partial charge on any atom is -0.0622 e. The van der Waals surface area contributed by atoms with Gasteiger partial charge in [0.25, 0.3) is 0 Å². The van der Waals surface area contributed by atoms with Crippen LogP contribution in [0, 0.1) is 34.6 Å². The van der Waals surface area contributed by atoms with Gasteiger partial charge in [-0.25, -0.2) is 0 Å². The Labute approximate surface area is 422 Å². The van der Waals surface area contributed by atoms with Crippen LogP contribution >= 0.6 is 0 Å². The second-order valence-corrected chi connectivity index (χ2v) is 21.7. The van der Waals surface area contributed by atoms with Gasteiger partial charge in [-0.15, -0.1) is 0 Å². The monoisotopic (exact) mass is 922 g/mol. The Morgan fingerprint density at radius 2 is 0.630 bits per heavy atom. The van der Waals surface area contributed by atoms with Gasteiger partial charge >= 0.3 is 0 Å². The largest absolute Gasteiger partial charge is 0.0622 e. The number of hydrogen-bond donors (Lipinski definition) is 0. The van der Waals surface area contributed by atoms with Crippen molar-refractivity contribution in [1.82, 2.24) is 0 Å². The lowest BCUT2D eigenvalue weighted by atomic mass is 9.80. The van der Waals surface area contributed by atoms with E-state index in [-0.39, 0.29) is 0 Å². The average molecular weight is 923 g/mol. The maximum Gasteiger partial charge on any atom is -0.000696 e. The van der Waals surface area contributed by atoms with Crippen molar-refractivity contribution >= 4 is 118 Å². The highest BCUT2D eigenvalue weighted by molar-refractivity contribution is 6.51. The van der Waals surface area contributed by atoms with Gasteiger partial charge in [-0.1, -0.05) is 193 Å². The standard InChI is InChI=1S/C73H46/c1-37-19-22-45(40(4)32-37)62-59-35-43-21-18-39(3)34-44(43)36-60(59)63(46-23-20-38(2)33-41(46)5)72-57-30-26-51-50-24-28-55-67-58(31-27-53(64(50)67)52-25-29-56(71(62)72)68(57)65(51)52)73-69-49-15-10-9-14-47(49)48-16-11-17-54(66(48)69)61(70(55)73)42-12-7-6-8-13-42/h6-36H,1-5H3. The first kappa shape index (κ1) is 39.8. The molecule has 338 valence electrons. The molecule has 0 amide bonds. The van der Waals surface area contributed by atoms with Crippen molar-refractivity contribution in [2.75, 3.05) is 0 Å². The number of aryl methyl sites for hydroxylation is 5. The third kappa shape index (κ3) is 4.92. The van der Waals surface area contributed by atoms with Gasteiger partial charge < -0.3 is 0 Å². The van der Waals surface area contributed by atoms with Crippen molar-refractivity contribution in [1.29, 1.82) is 0 Å². The van der Waals surface area contributed by atoms with Crippen LogP contribution in [-0.2, 0) is 0 Å². The third-order valence-electron chi connectivity index (χ3n) is 17.6. The lowest BCUT2D eigenvalue weighted by molar-refractivity contribution is 1.38. The summed E-state index contributed by atoms with van der Waals surface area (Å²) in [6.07, 6.45) is 0. The maximum absolute atomic E-state index is 2.51. The summed E-state index contributed by atoms with van der Waals surface area (Å²) in [6.45, 7) is 11.3. The topological polar surface area (TPSA) is 0 Å². The van der Waals surface area contributed by atoms with E-state index in [1.165, 1.54) is 202 Å². The summed E-state index contributed by atoms with van der Waals surface area (Å²) in [6, 6.07) is 73.2. The lowest BCUT2D eigenvalue weighted by Crippen LogP contribution is -1.97. The fourth-order valence-electron chi connectivity index (χ4n) is 14.8. The molecule has 0 heteroatoms. The van der Waals surface area contributed by atoms with Gasteiger partial charge in [0.15, 0.2) is 0 Å². The summed E-state index contributed by atoms with van der Waals surface area (Å²) in [7, 11) is 0. The molecule has 0 unspecified atom stereocenters. The predicted octanol–water partition coefficient (Wildman–Crippen LogP) is 20.9. The molecule has 0 atom stereocenters. The van der Waals surface area contributed by atoms with Crippen molar-refractivity contribution in [2.24, 2.45) is 0 Å². The first-order valence-electron chi connectivity index (χ1n) is 26.0. The van der Waals surface area contributed by atoms with Crippen LogP contribution in [0.4, 0.5) is 0 Å². The molecule has 0 aliphatic heterocycles. The molecule has 1 aliphatic rings. The van der Waals surface area contributed by atoms with E-state index in [9.17, 15) is 0 Å². The molecule has 0 radical (unpaired) electrons. The van der Waals surface area contributed by atoms with E-state index < -0.39 is 0 Å². The molecule has 16 aromatic carbocycles. The van der Waals surface area contributed by atoms with Crippen LogP contribution in [-0.4, -0.2) is 0 Å². The Morgan fingerprint density at radius 3 is 1.27 bits per heavy atom. The maximum atomic E-state index is 2.51.